The topological polar surface area (TPSA) is 148 Å². The monoisotopic (exact) mass is 444 g/mol. The first-order valence-corrected chi connectivity index (χ1v) is 10.8. The lowest BCUT2D eigenvalue weighted by molar-refractivity contribution is -0.175. The molecule has 0 aliphatic carbocycles. The van der Waals surface area contributed by atoms with E-state index in [0.717, 1.165) is 11.4 Å². The van der Waals surface area contributed by atoms with E-state index >= 15 is 0 Å². The van der Waals surface area contributed by atoms with Gasteiger partial charge in [0.05, 0.1) is 18.1 Å². The summed E-state index contributed by atoms with van der Waals surface area (Å²) in [5, 5.41) is 10.5. The number of imidazole rings is 1. The van der Waals surface area contributed by atoms with Gasteiger partial charge >= 0.3 is 0 Å². The van der Waals surface area contributed by atoms with Crippen molar-refractivity contribution in [2.45, 2.75) is 10.6 Å². The number of carbonyl (C=O) groups is 1. The number of nitrogens with zero attached hydrogens (tertiary/aromatic N) is 2. The van der Waals surface area contributed by atoms with Crippen molar-refractivity contribution in [3.63, 3.8) is 0 Å². The van der Waals surface area contributed by atoms with Crippen molar-refractivity contribution in [3.8, 4) is 22.9 Å². The Kier molecular flexibility index (Phi) is 5.50. The molecule has 4 rings (SSSR count). The van der Waals surface area contributed by atoms with Crippen LogP contribution in [0, 0.1) is 0 Å². The molecule has 0 saturated carbocycles. The van der Waals surface area contributed by atoms with Crippen molar-refractivity contribution in [2.24, 2.45) is 5.73 Å². The minimum absolute atomic E-state index is 0.0318. The maximum atomic E-state index is 13.0. The number of rotatable bonds is 6. The van der Waals surface area contributed by atoms with Gasteiger partial charge < -0.3 is 25.3 Å². The van der Waals surface area contributed by atoms with Crippen LogP contribution in [0.2, 0.25) is 0 Å². The summed E-state index contributed by atoms with van der Waals surface area (Å²) in [4.78, 5) is 18.8. The third-order valence-electron chi connectivity index (χ3n) is 4.82. The molecule has 0 spiro atoms. The number of aromatic nitrogens is 2. The van der Waals surface area contributed by atoms with Crippen LogP contribution in [0.1, 0.15) is 0 Å². The van der Waals surface area contributed by atoms with Crippen molar-refractivity contribution < 1.29 is 27.8 Å². The number of primary amides is 1. The van der Waals surface area contributed by atoms with E-state index in [1.54, 1.807) is 24.5 Å². The molecule has 1 amide bonds. The SMILES string of the molecule is NC(=O)C1(O)COCCN1S(=O)(=O)c1ccc(Oc2ccc(-c3ncc[nH]3)cc2)cc1. The molecule has 31 heavy (non-hydrogen) atoms. The van der Waals surface area contributed by atoms with E-state index in [1.165, 1.54) is 24.3 Å². The van der Waals surface area contributed by atoms with Crippen LogP contribution in [0.25, 0.3) is 11.4 Å². The number of aliphatic hydroxyl groups is 1. The fraction of sp³-hybridized carbons (Fsp3) is 0.200. The molecule has 2 heterocycles. The first kappa shape index (κ1) is 21.0. The van der Waals surface area contributed by atoms with Gasteiger partial charge in [-0.05, 0) is 48.5 Å². The first-order valence-electron chi connectivity index (χ1n) is 9.31. The Morgan fingerprint density at radius 2 is 1.81 bits per heavy atom. The number of sulfonamides is 1. The minimum Gasteiger partial charge on any atom is -0.457 e. The van der Waals surface area contributed by atoms with E-state index in [0.29, 0.717) is 15.8 Å². The maximum Gasteiger partial charge on any atom is 0.268 e. The Labute approximate surface area is 178 Å². The van der Waals surface area contributed by atoms with Gasteiger partial charge in [-0.15, -0.1) is 0 Å². The van der Waals surface area contributed by atoms with Crippen molar-refractivity contribution in [3.05, 3.63) is 60.9 Å². The second-order valence-corrected chi connectivity index (χ2v) is 8.71. The predicted molar refractivity (Wildman–Crippen MR) is 109 cm³/mol. The molecule has 4 N–H and O–H groups in total. The Bertz CT molecular complexity index is 1160. The number of ether oxygens (including phenoxy) is 2. The molecule has 2 aromatic carbocycles. The third-order valence-corrected chi connectivity index (χ3v) is 6.76. The fourth-order valence-corrected chi connectivity index (χ4v) is 4.77. The number of nitrogens with one attached hydrogen (secondary N) is 1. The van der Waals surface area contributed by atoms with Crippen LogP contribution in [-0.4, -0.2) is 59.2 Å². The number of hydrogen-bond donors (Lipinski definition) is 3. The predicted octanol–water partition coefficient (Wildman–Crippen LogP) is 1.06. The normalized spacial score (nSPS) is 19.8. The molecule has 1 saturated heterocycles. The Balaban J connectivity index is 1.51. The number of aromatic amines is 1. The Hall–Kier alpha value is -3.25. The molecule has 1 atom stereocenters. The van der Waals surface area contributed by atoms with E-state index in [2.05, 4.69) is 9.97 Å². The van der Waals surface area contributed by atoms with Gasteiger partial charge in [-0.2, -0.15) is 4.31 Å². The zero-order valence-corrected chi connectivity index (χ0v) is 17.1. The highest BCUT2D eigenvalue weighted by molar-refractivity contribution is 7.89. The number of morpholine rings is 1. The molecule has 1 fully saturated rings. The van der Waals surface area contributed by atoms with Gasteiger partial charge in [-0.3, -0.25) is 4.79 Å². The van der Waals surface area contributed by atoms with Crippen molar-refractivity contribution >= 4 is 15.9 Å². The summed E-state index contributed by atoms with van der Waals surface area (Å²) in [7, 11) is -4.20. The summed E-state index contributed by atoms with van der Waals surface area (Å²) >= 11 is 0. The summed E-state index contributed by atoms with van der Waals surface area (Å²) in [5.74, 6) is 0.507. The number of H-pyrrole nitrogens is 1. The Morgan fingerprint density at radius 1 is 1.16 bits per heavy atom. The van der Waals surface area contributed by atoms with Gasteiger partial charge in [0.25, 0.3) is 5.91 Å². The summed E-state index contributed by atoms with van der Waals surface area (Å²) in [6.45, 7) is -0.706. The average molecular weight is 444 g/mol. The quantitative estimate of drug-likeness (QED) is 0.515. The molecule has 0 bridgehead atoms. The lowest BCUT2D eigenvalue weighted by Gasteiger charge is -2.39. The van der Waals surface area contributed by atoms with E-state index in [9.17, 15) is 18.3 Å². The van der Waals surface area contributed by atoms with E-state index in [1.807, 2.05) is 12.1 Å². The molecule has 1 aliphatic heterocycles. The largest absolute Gasteiger partial charge is 0.457 e. The van der Waals surface area contributed by atoms with Crippen LogP contribution < -0.4 is 10.5 Å². The van der Waals surface area contributed by atoms with Gasteiger partial charge in [0.1, 0.15) is 17.3 Å². The smallest absolute Gasteiger partial charge is 0.268 e. The molecule has 3 aromatic rings. The molecule has 10 nitrogen and oxygen atoms in total. The molecule has 162 valence electrons. The van der Waals surface area contributed by atoms with Gasteiger partial charge in [-0.25, -0.2) is 13.4 Å². The lowest BCUT2D eigenvalue weighted by Crippen LogP contribution is -2.65. The summed E-state index contributed by atoms with van der Waals surface area (Å²) in [6.07, 6.45) is 3.40. The number of hydrogen-bond acceptors (Lipinski definition) is 7. The second-order valence-electron chi connectivity index (χ2n) is 6.85. The van der Waals surface area contributed by atoms with E-state index in [-0.39, 0.29) is 18.0 Å². The van der Waals surface area contributed by atoms with Gasteiger partial charge in [-0.1, -0.05) is 0 Å². The van der Waals surface area contributed by atoms with E-state index < -0.39 is 28.3 Å². The van der Waals surface area contributed by atoms with Crippen LogP contribution >= 0.6 is 0 Å². The first-order chi connectivity index (χ1) is 14.8. The van der Waals surface area contributed by atoms with Crippen LogP contribution in [0.5, 0.6) is 11.5 Å². The molecule has 1 unspecified atom stereocenters. The maximum absolute atomic E-state index is 13.0. The Morgan fingerprint density at radius 3 is 2.39 bits per heavy atom. The van der Waals surface area contributed by atoms with Gasteiger partial charge in [0.15, 0.2) is 0 Å². The third kappa shape index (κ3) is 4.03. The highest BCUT2D eigenvalue weighted by Gasteiger charge is 2.50. The van der Waals surface area contributed by atoms with Crippen molar-refractivity contribution in [2.75, 3.05) is 19.8 Å². The number of amides is 1. The molecule has 1 aromatic heterocycles. The fourth-order valence-electron chi connectivity index (χ4n) is 3.18. The highest BCUT2D eigenvalue weighted by atomic mass is 32.2. The zero-order valence-electron chi connectivity index (χ0n) is 16.3. The minimum atomic E-state index is -4.20. The van der Waals surface area contributed by atoms with E-state index in [4.69, 9.17) is 15.2 Å². The van der Waals surface area contributed by atoms with Gasteiger partial charge in [0, 0.05) is 24.5 Å². The summed E-state index contributed by atoms with van der Waals surface area (Å²) < 4.78 is 37.4. The van der Waals surface area contributed by atoms with Crippen LogP contribution in [-0.2, 0) is 19.6 Å². The van der Waals surface area contributed by atoms with Crippen molar-refractivity contribution in [1.29, 1.82) is 0 Å². The number of benzene rings is 2. The standard InChI is InChI=1S/C20H20N4O6S/c21-19(25)20(26)13-29-12-11-24(20)31(27,28)17-7-5-16(6-8-17)30-15-3-1-14(2-4-15)18-22-9-10-23-18/h1-10,26H,11-13H2,(H2,21,25)(H,22,23). The van der Waals surface area contributed by atoms with Crippen molar-refractivity contribution in [1.82, 2.24) is 14.3 Å². The molecular formula is C20H20N4O6S. The highest BCUT2D eigenvalue weighted by Crippen LogP contribution is 2.29. The number of nitrogens with two attached hydrogens (primary N) is 1. The molecule has 11 heteroatoms. The van der Waals surface area contributed by atoms with Crippen LogP contribution in [0.15, 0.2) is 65.8 Å². The number of carbonyl (C=O) groups excluding carboxylic acids is 1. The lowest BCUT2D eigenvalue weighted by atomic mass is 10.2. The van der Waals surface area contributed by atoms with Gasteiger partial charge in [0.2, 0.25) is 15.7 Å². The average Bonchev–Trinajstić information content (AvgIpc) is 3.30. The second kappa shape index (κ2) is 8.12. The van der Waals surface area contributed by atoms with Crippen LogP contribution in [0.4, 0.5) is 0 Å². The molecule has 1 aliphatic rings. The summed E-state index contributed by atoms with van der Waals surface area (Å²) in [6, 6.07) is 12.9. The van der Waals surface area contributed by atoms with Crippen LogP contribution in [0.3, 0.4) is 0 Å². The summed E-state index contributed by atoms with van der Waals surface area (Å²) in [5.41, 5.74) is 3.67. The zero-order chi connectivity index (χ0) is 22.1. The molecular weight excluding hydrogens is 424 g/mol. The molecule has 0 radical (unpaired) electrons.